The van der Waals surface area contributed by atoms with Gasteiger partial charge in [0.2, 0.25) is 0 Å². The third-order valence-electron chi connectivity index (χ3n) is 5.92. The predicted octanol–water partition coefficient (Wildman–Crippen LogP) is 6.03. The molecule has 0 fully saturated rings. The van der Waals surface area contributed by atoms with E-state index >= 15 is 0 Å². The highest BCUT2D eigenvalue weighted by Gasteiger charge is 2.24. The second-order valence-electron chi connectivity index (χ2n) is 8.99. The number of halogens is 1. The van der Waals surface area contributed by atoms with Crippen molar-refractivity contribution in [2.45, 2.75) is 45.6 Å². The van der Waals surface area contributed by atoms with Gasteiger partial charge in [-0.25, -0.2) is 0 Å². The SMILES string of the molecule is CC(C)OCCOC1=CC=C2C(=CCc3ccc(Cl)cc3N2CCCCN(C)C/C=C/C#N)C1. The molecule has 0 aromatic heterocycles. The van der Waals surface area contributed by atoms with Crippen molar-refractivity contribution in [3.05, 3.63) is 76.2 Å². The van der Waals surface area contributed by atoms with E-state index in [4.69, 9.17) is 26.3 Å². The van der Waals surface area contributed by atoms with E-state index in [-0.39, 0.29) is 6.10 Å². The normalized spacial score (nSPS) is 15.4. The number of unbranched alkanes of at least 4 members (excludes halogenated alkanes) is 1. The Balaban J connectivity index is 1.69. The second-order valence-corrected chi connectivity index (χ2v) is 9.43. The van der Waals surface area contributed by atoms with Gasteiger partial charge in [0, 0.05) is 42.0 Å². The maximum absolute atomic E-state index is 8.65. The fourth-order valence-corrected chi connectivity index (χ4v) is 4.37. The summed E-state index contributed by atoms with van der Waals surface area (Å²) in [4.78, 5) is 4.66. The quantitative estimate of drug-likeness (QED) is 0.269. The number of nitriles is 1. The molecule has 1 aliphatic heterocycles. The van der Waals surface area contributed by atoms with E-state index in [9.17, 15) is 0 Å². The molecule has 2 aliphatic rings. The second kappa shape index (κ2) is 13.4. The molecular weight excluding hydrogens is 446 g/mol. The van der Waals surface area contributed by atoms with Crippen LogP contribution in [-0.4, -0.2) is 50.9 Å². The number of fused-ring (bicyclic) bond motifs is 2. The molecule has 1 aromatic carbocycles. The van der Waals surface area contributed by atoms with Gasteiger partial charge in [-0.3, -0.25) is 0 Å². The van der Waals surface area contributed by atoms with Crippen molar-refractivity contribution in [1.29, 1.82) is 5.26 Å². The Morgan fingerprint density at radius 2 is 2.09 bits per heavy atom. The maximum Gasteiger partial charge on any atom is 0.111 e. The van der Waals surface area contributed by atoms with Crippen LogP contribution in [0.1, 0.15) is 38.7 Å². The van der Waals surface area contributed by atoms with Crippen molar-refractivity contribution in [2.75, 3.05) is 44.8 Å². The number of hydrogen-bond donors (Lipinski definition) is 0. The zero-order valence-corrected chi connectivity index (χ0v) is 21.4. The summed E-state index contributed by atoms with van der Waals surface area (Å²) in [6, 6.07) is 8.25. The standard InChI is InChI=1S/C28H36ClN3O2/c1-22(2)33-18-19-34-26-12-13-27-24(20-26)9-8-23-10-11-25(29)21-28(23)32(27)17-7-6-16-31(3)15-5-4-14-30/h4-5,9-13,21-22H,6-8,15-20H2,1-3H3/b5-4+. The number of ether oxygens (including phenoxy) is 2. The minimum atomic E-state index is 0.215. The number of allylic oxidation sites excluding steroid dienone is 6. The van der Waals surface area contributed by atoms with Crippen LogP contribution in [0.4, 0.5) is 5.69 Å². The van der Waals surface area contributed by atoms with Crippen LogP contribution in [-0.2, 0) is 15.9 Å². The monoisotopic (exact) mass is 481 g/mol. The van der Waals surface area contributed by atoms with Crippen molar-refractivity contribution in [2.24, 2.45) is 0 Å². The summed E-state index contributed by atoms with van der Waals surface area (Å²) < 4.78 is 11.6. The average molecular weight is 482 g/mol. The molecule has 1 aliphatic carbocycles. The fourth-order valence-electron chi connectivity index (χ4n) is 4.20. The lowest BCUT2D eigenvalue weighted by Gasteiger charge is -2.31. The van der Waals surface area contributed by atoms with Gasteiger partial charge in [-0.05, 0) is 82.1 Å². The molecule has 1 heterocycles. The molecule has 1 aromatic rings. The molecule has 6 heteroatoms. The Morgan fingerprint density at radius 3 is 2.88 bits per heavy atom. The molecule has 0 amide bonds. The highest BCUT2D eigenvalue weighted by molar-refractivity contribution is 6.30. The number of nitrogens with zero attached hydrogens (tertiary/aromatic N) is 3. The minimum absolute atomic E-state index is 0.215. The Bertz CT molecular complexity index is 988. The van der Waals surface area contributed by atoms with Gasteiger partial charge in [-0.1, -0.05) is 29.8 Å². The molecule has 0 saturated heterocycles. The molecule has 0 radical (unpaired) electrons. The van der Waals surface area contributed by atoms with Crippen molar-refractivity contribution in [3.8, 4) is 6.07 Å². The topological polar surface area (TPSA) is 48.7 Å². The summed E-state index contributed by atoms with van der Waals surface area (Å²) >= 11 is 6.41. The Labute approximate surface area is 209 Å². The van der Waals surface area contributed by atoms with Gasteiger partial charge in [0.15, 0.2) is 0 Å². The lowest BCUT2D eigenvalue weighted by Crippen LogP contribution is -2.27. The van der Waals surface area contributed by atoms with Crippen LogP contribution in [0.25, 0.3) is 0 Å². The molecule has 0 bridgehead atoms. The number of anilines is 1. The van der Waals surface area contributed by atoms with E-state index in [2.05, 4.69) is 47.2 Å². The minimum Gasteiger partial charge on any atom is -0.495 e. The smallest absolute Gasteiger partial charge is 0.111 e. The molecule has 0 spiro atoms. The summed E-state index contributed by atoms with van der Waals surface area (Å²) in [6.07, 6.45) is 14.1. The van der Waals surface area contributed by atoms with Gasteiger partial charge >= 0.3 is 0 Å². The van der Waals surface area contributed by atoms with Crippen molar-refractivity contribution < 1.29 is 9.47 Å². The molecule has 0 atom stereocenters. The highest BCUT2D eigenvalue weighted by Crippen LogP contribution is 2.38. The Kier molecular flexibility index (Phi) is 10.3. The van der Waals surface area contributed by atoms with Gasteiger partial charge in [-0.2, -0.15) is 5.26 Å². The third-order valence-corrected chi connectivity index (χ3v) is 6.16. The average Bonchev–Trinajstić information content (AvgIpc) is 2.96. The third kappa shape index (κ3) is 7.77. The first kappa shape index (κ1) is 26.1. The van der Waals surface area contributed by atoms with Crippen molar-refractivity contribution in [3.63, 3.8) is 0 Å². The summed E-state index contributed by atoms with van der Waals surface area (Å²) in [5.74, 6) is 0.985. The first-order valence-corrected chi connectivity index (χ1v) is 12.5. The predicted molar refractivity (Wildman–Crippen MR) is 140 cm³/mol. The van der Waals surface area contributed by atoms with Crippen LogP contribution in [0, 0.1) is 11.3 Å². The summed E-state index contributed by atoms with van der Waals surface area (Å²) in [5, 5.41) is 9.41. The van der Waals surface area contributed by atoms with Gasteiger partial charge in [0.25, 0.3) is 0 Å². The van der Waals surface area contributed by atoms with Gasteiger partial charge in [0.1, 0.15) is 12.4 Å². The zero-order valence-electron chi connectivity index (χ0n) is 20.6. The molecule has 0 unspecified atom stereocenters. The van der Waals surface area contributed by atoms with E-state index in [0.29, 0.717) is 13.2 Å². The molecule has 0 saturated carbocycles. The van der Waals surface area contributed by atoms with Crippen LogP contribution in [0.15, 0.2) is 65.6 Å². The van der Waals surface area contributed by atoms with Crippen LogP contribution < -0.4 is 4.90 Å². The van der Waals surface area contributed by atoms with E-state index in [0.717, 1.165) is 56.1 Å². The number of rotatable bonds is 12. The molecule has 5 nitrogen and oxygen atoms in total. The van der Waals surface area contributed by atoms with Crippen molar-refractivity contribution in [1.82, 2.24) is 4.90 Å². The van der Waals surface area contributed by atoms with Gasteiger partial charge in [-0.15, -0.1) is 0 Å². The van der Waals surface area contributed by atoms with Crippen LogP contribution >= 0.6 is 11.6 Å². The molecule has 0 N–H and O–H groups in total. The van der Waals surface area contributed by atoms with E-state index < -0.39 is 0 Å². The Hall–Kier alpha value is -2.52. The lowest BCUT2D eigenvalue weighted by molar-refractivity contribution is 0.0378. The fraction of sp³-hybridized carbons (Fsp3) is 0.464. The van der Waals surface area contributed by atoms with E-state index in [1.54, 1.807) is 6.08 Å². The zero-order chi connectivity index (χ0) is 24.3. The first-order chi connectivity index (χ1) is 16.5. The van der Waals surface area contributed by atoms with Crippen molar-refractivity contribution >= 4 is 17.3 Å². The number of benzene rings is 1. The van der Waals surface area contributed by atoms with E-state index in [1.165, 1.54) is 22.5 Å². The van der Waals surface area contributed by atoms with Crippen LogP contribution in [0.3, 0.4) is 0 Å². The van der Waals surface area contributed by atoms with Crippen LogP contribution in [0.2, 0.25) is 5.02 Å². The largest absolute Gasteiger partial charge is 0.495 e. The summed E-state index contributed by atoms with van der Waals surface area (Å²) in [6.45, 7) is 7.94. The highest BCUT2D eigenvalue weighted by atomic mass is 35.5. The maximum atomic E-state index is 8.65. The molecule has 182 valence electrons. The summed E-state index contributed by atoms with van der Waals surface area (Å²) in [5.41, 5.74) is 5.02. The Morgan fingerprint density at radius 1 is 1.24 bits per heavy atom. The van der Waals surface area contributed by atoms with E-state index in [1.807, 2.05) is 32.1 Å². The lowest BCUT2D eigenvalue weighted by atomic mass is 10.0. The van der Waals surface area contributed by atoms with Crippen LogP contribution in [0.5, 0.6) is 0 Å². The molecule has 3 rings (SSSR count). The summed E-state index contributed by atoms with van der Waals surface area (Å²) in [7, 11) is 2.09. The number of hydrogen-bond acceptors (Lipinski definition) is 5. The first-order valence-electron chi connectivity index (χ1n) is 12.1. The molecular formula is C28H36ClN3O2. The molecule has 34 heavy (non-hydrogen) atoms. The van der Waals surface area contributed by atoms with Gasteiger partial charge in [0.05, 0.1) is 18.8 Å². The number of likely N-dealkylation sites (N-methyl/N-ethyl adjacent to an activating group) is 1. The van der Waals surface area contributed by atoms with Gasteiger partial charge < -0.3 is 19.3 Å².